The van der Waals surface area contributed by atoms with Crippen molar-refractivity contribution >= 4 is 43.7 Å². The Labute approximate surface area is 156 Å². The third-order valence-corrected chi connectivity index (χ3v) is 5.45. The van der Waals surface area contributed by atoms with Crippen molar-refractivity contribution in [3.05, 3.63) is 90.5 Å². The summed E-state index contributed by atoms with van der Waals surface area (Å²) in [7, 11) is 0. The Balaban J connectivity index is 1.86. The van der Waals surface area contributed by atoms with Crippen LogP contribution in [0.5, 0.6) is 0 Å². The SMILES string of the molecule is Cc1ccc2c(c1)c1ccccc1n2-c1cccc2oc3ccccc3c12. The van der Waals surface area contributed by atoms with E-state index in [0.717, 1.165) is 27.6 Å². The van der Waals surface area contributed by atoms with Gasteiger partial charge in [-0.2, -0.15) is 0 Å². The summed E-state index contributed by atoms with van der Waals surface area (Å²) in [6.45, 7) is 2.15. The molecule has 0 saturated heterocycles. The van der Waals surface area contributed by atoms with Crippen LogP contribution in [-0.4, -0.2) is 4.57 Å². The third-order valence-electron chi connectivity index (χ3n) is 5.45. The van der Waals surface area contributed by atoms with Crippen LogP contribution in [0.25, 0.3) is 49.4 Å². The number of benzene rings is 4. The molecule has 2 nitrogen and oxygen atoms in total. The smallest absolute Gasteiger partial charge is 0.137 e. The van der Waals surface area contributed by atoms with Crippen molar-refractivity contribution in [3.63, 3.8) is 0 Å². The molecule has 0 bridgehead atoms. The van der Waals surface area contributed by atoms with Crippen LogP contribution < -0.4 is 0 Å². The first-order chi connectivity index (χ1) is 13.3. The predicted octanol–water partition coefficient (Wildman–Crippen LogP) is 6.99. The number of furan rings is 1. The average Bonchev–Trinajstić information content (AvgIpc) is 3.23. The van der Waals surface area contributed by atoms with Gasteiger partial charge < -0.3 is 8.98 Å². The fraction of sp³-hybridized carbons (Fsp3) is 0.0400. The van der Waals surface area contributed by atoms with Crippen molar-refractivity contribution < 1.29 is 4.42 Å². The van der Waals surface area contributed by atoms with E-state index in [1.807, 2.05) is 12.1 Å². The Kier molecular flexibility index (Phi) is 2.84. The molecule has 2 aromatic heterocycles. The highest BCUT2D eigenvalue weighted by molar-refractivity contribution is 6.14. The number of hydrogen-bond donors (Lipinski definition) is 0. The molecule has 0 aliphatic carbocycles. The minimum absolute atomic E-state index is 0.923. The Morgan fingerprint density at radius 3 is 2.30 bits per heavy atom. The third kappa shape index (κ3) is 1.95. The highest BCUT2D eigenvalue weighted by atomic mass is 16.3. The second-order valence-electron chi connectivity index (χ2n) is 7.12. The number of fused-ring (bicyclic) bond motifs is 6. The van der Waals surface area contributed by atoms with E-state index in [-0.39, 0.29) is 0 Å². The zero-order valence-corrected chi connectivity index (χ0v) is 14.9. The lowest BCUT2D eigenvalue weighted by Crippen LogP contribution is -1.94. The summed E-state index contributed by atoms with van der Waals surface area (Å²) < 4.78 is 8.49. The molecule has 0 aliphatic heterocycles. The Morgan fingerprint density at radius 1 is 0.630 bits per heavy atom. The van der Waals surface area contributed by atoms with E-state index in [2.05, 4.69) is 84.3 Å². The summed E-state index contributed by atoms with van der Waals surface area (Å²) in [5, 5.41) is 4.88. The summed E-state index contributed by atoms with van der Waals surface area (Å²) >= 11 is 0. The highest BCUT2D eigenvalue weighted by Crippen LogP contribution is 2.38. The molecule has 6 aromatic rings. The molecule has 0 aliphatic rings. The number of nitrogens with zero attached hydrogens (tertiary/aromatic N) is 1. The van der Waals surface area contributed by atoms with Crippen LogP contribution in [0.15, 0.2) is 89.3 Å². The fourth-order valence-electron chi connectivity index (χ4n) is 4.29. The van der Waals surface area contributed by atoms with Crippen molar-refractivity contribution in [1.82, 2.24) is 4.57 Å². The zero-order valence-electron chi connectivity index (χ0n) is 14.9. The topological polar surface area (TPSA) is 18.1 Å². The molecule has 0 fully saturated rings. The van der Waals surface area contributed by atoms with E-state index in [4.69, 9.17) is 4.42 Å². The van der Waals surface area contributed by atoms with Crippen molar-refractivity contribution in [2.24, 2.45) is 0 Å². The Morgan fingerprint density at radius 2 is 1.37 bits per heavy atom. The van der Waals surface area contributed by atoms with Crippen LogP contribution in [0.2, 0.25) is 0 Å². The van der Waals surface area contributed by atoms with Gasteiger partial charge in [0, 0.05) is 16.2 Å². The molecular formula is C25H17NO. The van der Waals surface area contributed by atoms with Gasteiger partial charge in [-0.1, -0.05) is 54.1 Å². The molecule has 0 saturated carbocycles. The lowest BCUT2D eigenvalue weighted by Gasteiger charge is -2.09. The Bertz CT molecular complexity index is 1480. The minimum atomic E-state index is 0.923. The van der Waals surface area contributed by atoms with Gasteiger partial charge in [-0.15, -0.1) is 0 Å². The monoisotopic (exact) mass is 347 g/mol. The molecular weight excluding hydrogens is 330 g/mol. The first-order valence-corrected chi connectivity index (χ1v) is 9.22. The molecule has 4 aromatic carbocycles. The van der Waals surface area contributed by atoms with Gasteiger partial charge in [0.15, 0.2) is 0 Å². The summed E-state index contributed by atoms with van der Waals surface area (Å²) in [5.74, 6) is 0. The largest absolute Gasteiger partial charge is 0.456 e. The van der Waals surface area contributed by atoms with E-state index in [0.29, 0.717) is 0 Å². The van der Waals surface area contributed by atoms with Crippen molar-refractivity contribution in [3.8, 4) is 5.69 Å². The minimum Gasteiger partial charge on any atom is -0.456 e. The lowest BCUT2D eigenvalue weighted by atomic mass is 10.1. The molecule has 0 N–H and O–H groups in total. The predicted molar refractivity (Wildman–Crippen MR) is 113 cm³/mol. The number of aromatic nitrogens is 1. The molecule has 0 atom stereocenters. The summed E-state index contributed by atoms with van der Waals surface area (Å²) in [6.07, 6.45) is 0. The molecule has 0 spiro atoms. The molecule has 2 heterocycles. The van der Waals surface area contributed by atoms with E-state index in [1.165, 1.54) is 27.4 Å². The van der Waals surface area contributed by atoms with E-state index < -0.39 is 0 Å². The van der Waals surface area contributed by atoms with Gasteiger partial charge in [0.1, 0.15) is 11.2 Å². The van der Waals surface area contributed by atoms with Crippen molar-refractivity contribution in [2.75, 3.05) is 0 Å². The highest BCUT2D eigenvalue weighted by Gasteiger charge is 2.17. The van der Waals surface area contributed by atoms with Crippen molar-refractivity contribution in [2.45, 2.75) is 6.92 Å². The maximum atomic E-state index is 6.12. The van der Waals surface area contributed by atoms with Crippen LogP contribution in [0.4, 0.5) is 0 Å². The zero-order chi connectivity index (χ0) is 18.0. The van der Waals surface area contributed by atoms with E-state index >= 15 is 0 Å². The summed E-state index contributed by atoms with van der Waals surface area (Å²) in [5.41, 5.74) is 6.73. The fourth-order valence-corrected chi connectivity index (χ4v) is 4.29. The van der Waals surface area contributed by atoms with Gasteiger partial charge in [0.05, 0.1) is 22.1 Å². The van der Waals surface area contributed by atoms with Gasteiger partial charge in [0.2, 0.25) is 0 Å². The van der Waals surface area contributed by atoms with Crippen LogP contribution in [-0.2, 0) is 0 Å². The van der Waals surface area contributed by atoms with Gasteiger partial charge in [-0.25, -0.2) is 0 Å². The van der Waals surface area contributed by atoms with Crippen LogP contribution in [0.3, 0.4) is 0 Å². The van der Waals surface area contributed by atoms with Crippen LogP contribution in [0, 0.1) is 6.92 Å². The summed E-state index contributed by atoms with van der Waals surface area (Å²) in [4.78, 5) is 0. The maximum Gasteiger partial charge on any atom is 0.137 e. The van der Waals surface area contributed by atoms with Crippen LogP contribution >= 0.6 is 0 Å². The average molecular weight is 347 g/mol. The molecule has 27 heavy (non-hydrogen) atoms. The molecule has 6 rings (SSSR count). The van der Waals surface area contributed by atoms with Crippen LogP contribution in [0.1, 0.15) is 5.56 Å². The number of rotatable bonds is 1. The van der Waals surface area contributed by atoms with E-state index in [1.54, 1.807) is 0 Å². The number of para-hydroxylation sites is 2. The first-order valence-electron chi connectivity index (χ1n) is 9.22. The molecule has 2 heteroatoms. The number of hydrogen-bond acceptors (Lipinski definition) is 1. The molecule has 0 unspecified atom stereocenters. The summed E-state index contributed by atoms with van der Waals surface area (Å²) in [6, 6.07) is 29.9. The first kappa shape index (κ1) is 14.6. The lowest BCUT2D eigenvalue weighted by molar-refractivity contribution is 0.669. The van der Waals surface area contributed by atoms with Gasteiger partial charge in [0.25, 0.3) is 0 Å². The Hall–Kier alpha value is -3.52. The van der Waals surface area contributed by atoms with E-state index in [9.17, 15) is 0 Å². The molecule has 0 amide bonds. The number of aryl methyl sites for hydroxylation is 1. The molecule has 0 radical (unpaired) electrons. The standard InChI is InChI=1S/C25H17NO/c1-16-13-14-21-19(15-16)17-7-2-4-9-20(17)26(21)22-10-6-12-24-25(22)18-8-3-5-11-23(18)27-24/h2-15H,1H3. The van der Waals surface area contributed by atoms with Crippen molar-refractivity contribution in [1.29, 1.82) is 0 Å². The second-order valence-corrected chi connectivity index (χ2v) is 7.12. The quantitative estimate of drug-likeness (QED) is 0.313. The maximum absolute atomic E-state index is 6.12. The van der Waals surface area contributed by atoms with Gasteiger partial charge in [-0.3, -0.25) is 0 Å². The van der Waals surface area contributed by atoms with Gasteiger partial charge >= 0.3 is 0 Å². The van der Waals surface area contributed by atoms with Gasteiger partial charge in [-0.05, 0) is 43.3 Å². The normalized spacial score (nSPS) is 11.9. The second kappa shape index (κ2) is 5.24. The molecule has 128 valence electrons.